The van der Waals surface area contributed by atoms with Crippen molar-refractivity contribution in [1.29, 1.82) is 0 Å². The summed E-state index contributed by atoms with van der Waals surface area (Å²) in [5.41, 5.74) is 5.02. The zero-order valence-corrected chi connectivity index (χ0v) is 32.0. The van der Waals surface area contributed by atoms with E-state index in [0.717, 1.165) is 87.2 Å². The average molecular weight is 748 g/mol. The number of allylic oxidation sites excluding steroid dienone is 1. The van der Waals surface area contributed by atoms with Crippen LogP contribution >= 0.6 is 11.6 Å². The second-order valence-corrected chi connectivity index (χ2v) is 17.6. The van der Waals surface area contributed by atoms with Crippen molar-refractivity contribution in [3.8, 4) is 5.75 Å². The lowest BCUT2D eigenvalue weighted by Crippen LogP contribution is -2.56. The predicted molar refractivity (Wildman–Crippen MR) is 203 cm³/mol. The van der Waals surface area contributed by atoms with Gasteiger partial charge in [0.1, 0.15) is 24.3 Å². The summed E-state index contributed by atoms with van der Waals surface area (Å²) in [6.45, 7) is 7.80. The third-order valence-electron chi connectivity index (χ3n) is 12.0. The molecule has 1 N–H and O–H groups in total. The van der Waals surface area contributed by atoms with Gasteiger partial charge in [-0.3, -0.25) is 9.69 Å². The molecule has 3 aromatic rings. The molecule has 2 aromatic carbocycles. The summed E-state index contributed by atoms with van der Waals surface area (Å²) in [4.78, 5) is 27.2. The van der Waals surface area contributed by atoms with Crippen LogP contribution in [0.15, 0.2) is 61.1 Å². The van der Waals surface area contributed by atoms with Crippen LogP contribution < -0.4 is 14.4 Å². The topological polar surface area (TPSA) is 114 Å². The average Bonchev–Trinajstić information content (AvgIpc) is 3.15. The zero-order valence-electron chi connectivity index (χ0n) is 30.4. The Balaban J connectivity index is 1.26. The molecule has 0 spiro atoms. The third kappa shape index (κ3) is 7.74. The fourth-order valence-electron chi connectivity index (χ4n) is 8.44. The number of halogens is 1. The van der Waals surface area contributed by atoms with Gasteiger partial charge in [0.2, 0.25) is 10.0 Å². The van der Waals surface area contributed by atoms with Crippen LogP contribution in [0.25, 0.3) is 0 Å². The molecule has 1 aromatic heterocycles. The molecule has 52 heavy (non-hydrogen) atoms. The number of methoxy groups -OCH3 is 1. The number of sulfonamides is 1. The van der Waals surface area contributed by atoms with Crippen LogP contribution in [0, 0.1) is 17.8 Å². The first kappa shape index (κ1) is 36.8. The molecule has 2 bridgehead atoms. The highest BCUT2D eigenvalue weighted by molar-refractivity contribution is 7.90. The maximum Gasteiger partial charge on any atom is 0.264 e. The predicted octanol–water partition coefficient (Wildman–Crippen LogP) is 6.37. The number of carbonyl (C=O) groups is 1. The normalized spacial score (nSPS) is 28.8. The molecule has 3 aliphatic heterocycles. The Bertz CT molecular complexity index is 1920. The highest BCUT2D eigenvalue weighted by Crippen LogP contribution is 2.47. The summed E-state index contributed by atoms with van der Waals surface area (Å²) in [7, 11) is -2.15. The van der Waals surface area contributed by atoms with Crippen LogP contribution in [0.1, 0.15) is 78.7 Å². The van der Waals surface area contributed by atoms with Gasteiger partial charge in [-0.05, 0) is 105 Å². The number of ether oxygens (including phenoxy) is 2. The maximum atomic E-state index is 13.6. The first-order valence-electron chi connectivity index (χ1n) is 18.6. The molecule has 1 amide bonds. The Morgan fingerprint density at radius 1 is 1.06 bits per heavy atom. The molecule has 0 saturated heterocycles. The Labute approximate surface area is 313 Å². The van der Waals surface area contributed by atoms with Crippen molar-refractivity contribution in [1.82, 2.24) is 19.6 Å². The van der Waals surface area contributed by atoms with Crippen molar-refractivity contribution in [3.63, 3.8) is 0 Å². The Kier molecular flexibility index (Phi) is 10.9. The first-order chi connectivity index (χ1) is 25.0. The second kappa shape index (κ2) is 15.5. The standard InChI is InChI=1S/C40H50ClN5O5S/c1-27-7-6-16-40(50-3,25-45-18-15-36-33(22-45)21-42-26-43-36)35-13-10-31(35)23-46-17-5-4-8-29-19-34(41)12-9-32(29)24-51-38-14-11-30(20-37(38)46)39(47)44-52(48,49)28(27)2/h6,9,11-12,14,16,19-21,26-28,31,35H,4-5,7-8,10,13,15,17-18,22-25H2,1-3H3,(H,44,47)/b16-6+/t27-,28+,31-,35-,40+/m0/s1. The van der Waals surface area contributed by atoms with Gasteiger partial charge in [0.15, 0.2) is 0 Å². The molecule has 5 atom stereocenters. The maximum absolute atomic E-state index is 13.6. The summed E-state index contributed by atoms with van der Waals surface area (Å²) >= 11 is 6.40. The van der Waals surface area contributed by atoms with E-state index in [1.807, 2.05) is 50.6 Å². The number of nitrogens with one attached hydrogen (secondary N) is 1. The molecule has 0 radical (unpaired) electrons. The van der Waals surface area contributed by atoms with Crippen molar-refractivity contribution in [2.45, 2.75) is 82.8 Å². The van der Waals surface area contributed by atoms with Crippen LogP contribution in [-0.2, 0) is 40.8 Å². The highest BCUT2D eigenvalue weighted by atomic mass is 35.5. The quantitative estimate of drug-likeness (QED) is 0.306. The molecule has 7 rings (SSSR count). The second-order valence-electron chi connectivity index (χ2n) is 15.1. The van der Waals surface area contributed by atoms with Gasteiger partial charge in [0.05, 0.1) is 10.9 Å². The van der Waals surface area contributed by atoms with E-state index in [9.17, 15) is 13.2 Å². The van der Waals surface area contributed by atoms with Crippen LogP contribution in [0.4, 0.5) is 5.69 Å². The Morgan fingerprint density at radius 3 is 2.73 bits per heavy atom. The molecular formula is C40H50ClN5O5S. The van der Waals surface area contributed by atoms with E-state index in [2.05, 4.69) is 36.6 Å². The summed E-state index contributed by atoms with van der Waals surface area (Å²) in [6.07, 6.45) is 14.1. The van der Waals surface area contributed by atoms with Gasteiger partial charge in [0.25, 0.3) is 5.91 Å². The number of anilines is 1. The van der Waals surface area contributed by atoms with E-state index in [1.165, 1.54) is 5.56 Å². The summed E-state index contributed by atoms with van der Waals surface area (Å²) < 4.78 is 42.7. The number of hydrogen-bond acceptors (Lipinski definition) is 9. The fourth-order valence-corrected chi connectivity index (χ4v) is 9.92. The van der Waals surface area contributed by atoms with Gasteiger partial charge in [-0.1, -0.05) is 36.7 Å². The molecule has 278 valence electrons. The monoisotopic (exact) mass is 747 g/mol. The summed E-state index contributed by atoms with van der Waals surface area (Å²) in [5.74, 6) is 0.336. The molecule has 1 aliphatic carbocycles. The summed E-state index contributed by atoms with van der Waals surface area (Å²) in [5, 5.41) is -0.0857. The number of carbonyl (C=O) groups excluding carboxylic acids is 1. The molecule has 10 nitrogen and oxygen atoms in total. The number of nitrogens with zero attached hydrogens (tertiary/aromatic N) is 4. The molecule has 12 heteroatoms. The third-order valence-corrected chi connectivity index (χ3v) is 14.1. The minimum absolute atomic E-state index is 0.229. The molecule has 1 fully saturated rings. The van der Waals surface area contributed by atoms with Crippen LogP contribution in [0.5, 0.6) is 5.75 Å². The molecule has 4 heterocycles. The number of aromatic nitrogens is 2. The van der Waals surface area contributed by atoms with E-state index in [4.69, 9.17) is 21.1 Å². The number of fused-ring (bicyclic) bond motifs is 4. The Hall–Kier alpha value is -3.51. The lowest BCUT2D eigenvalue weighted by Gasteiger charge is -2.51. The van der Waals surface area contributed by atoms with Gasteiger partial charge in [-0.15, -0.1) is 0 Å². The number of hydrogen-bond donors (Lipinski definition) is 1. The smallest absolute Gasteiger partial charge is 0.264 e. The minimum Gasteiger partial charge on any atom is -0.487 e. The van der Waals surface area contributed by atoms with Gasteiger partial charge < -0.3 is 14.4 Å². The van der Waals surface area contributed by atoms with Crippen molar-refractivity contribution in [2.24, 2.45) is 17.8 Å². The lowest BCUT2D eigenvalue weighted by atomic mass is 9.63. The molecule has 1 saturated carbocycles. The van der Waals surface area contributed by atoms with Gasteiger partial charge in [0, 0.05) is 74.3 Å². The Morgan fingerprint density at radius 2 is 1.92 bits per heavy atom. The summed E-state index contributed by atoms with van der Waals surface area (Å²) in [6, 6.07) is 11.2. The number of benzene rings is 2. The fraction of sp³-hybridized carbons (Fsp3) is 0.525. The van der Waals surface area contributed by atoms with Crippen molar-refractivity contribution in [2.75, 3.05) is 38.2 Å². The van der Waals surface area contributed by atoms with Crippen molar-refractivity contribution < 1.29 is 22.7 Å². The van der Waals surface area contributed by atoms with Gasteiger partial charge >= 0.3 is 0 Å². The lowest BCUT2D eigenvalue weighted by molar-refractivity contribution is -0.0931. The number of rotatable bonds is 3. The number of aryl methyl sites for hydroxylation is 1. The van der Waals surface area contributed by atoms with Gasteiger partial charge in [-0.25, -0.2) is 23.1 Å². The molecular weight excluding hydrogens is 698 g/mol. The molecule has 0 unspecified atom stereocenters. The van der Waals surface area contributed by atoms with Crippen LogP contribution in [-0.4, -0.2) is 73.3 Å². The van der Waals surface area contributed by atoms with E-state index in [-0.39, 0.29) is 17.4 Å². The SMILES string of the molecule is CO[C@@]1(CN2CCc3ncncc3C2)/C=C/C[C@H](C)[C@@H](C)S(=O)(=O)NC(=O)c2ccc3c(c2)N(CCCCc2cc(Cl)ccc2CO3)C[C@@H]2CC[C@@H]21. The number of amides is 1. The van der Waals surface area contributed by atoms with Gasteiger partial charge in [-0.2, -0.15) is 0 Å². The largest absolute Gasteiger partial charge is 0.487 e. The molecule has 4 aliphatic rings. The van der Waals surface area contributed by atoms with E-state index in [0.29, 0.717) is 36.3 Å². The van der Waals surface area contributed by atoms with Crippen LogP contribution in [0.2, 0.25) is 5.02 Å². The van der Waals surface area contributed by atoms with E-state index < -0.39 is 26.8 Å². The van der Waals surface area contributed by atoms with E-state index in [1.54, 1.807) is 19.3 Å². The highest BCUT2D eigenvalue weighted by Gasteiger charge is 2.48. The first-order valence-corrected chi connectivity index (χ1v) is 20.6. The van der Waals surface area contributed by atoms with Crippen LogP contribution in [0.3, 0.4) is 0 Å². The van der Waals surface area contributed by atoms with E-state index >= 15 is 0 Å². The van der Waals surface area contributed by atoms with Crippen molar-refractivity contribution in [3.05, 3.63) is 94.0 Å². The van der Waals surface area contributed by atoms with Crippen molar-refractivity contribution >= 4 is 33.2 Å². The zero-order chi connectivity index (χ0) is 36.5. The minimum atomic E-state index is -3.97.